The predicted molar refractivity (Wildman–Crippen MR) is 42.1 cm³/mol. The van der Waals surface area contributed by atoms with Crippen LogP contribution >= 0.6 is 15.9 Å². The third-order valence-electron chi connectivity index (χ3n) is 5.70. The first-order valence-corrected chi connectivity index (χ1v) is 5.44. The topological polar surface area (TPSA) is 20.2 Å². The third-order valence-corrected chi connectivity index (χ3v) is 7.28. The third kappa shape index (κ3) is 0.218. The van der Waals surface area contributed by atoms with Crippen molar-refractivity contribution in [1.82, 2.24) is 0 Å². The van der Waals surface area contributed by atoms with Crippen LogP contribution < -0.4 is 0 Å². The fourth-order valence-corrected chi connectivity index (χ4v) is 7.56. The molecule has 6 aliphatic carbocycles. The second kappa shape index (κ2) is 1.00. The van der Waals surface area contributed by atoms with E-state index in [0.29, 0.717) is 4.32 Å². The Hall–Kier alpha value is 0.440. The standard InChI is InChI=1S/C9H9BrO/c10-9-5-2-1-3(5)7(9)4(6(2)9)8(1)11/h1-8,11H/t1?,2-,3+,4?,5?,6-,7-,8-,9?/m1/s1. The second-order valence-electron chi connectivity index (χ2n) is 5.20. The maximum Gasteiger partial charge on any atom is 0.0608 e. The molecule has 6 rings (SSSR count). The van der Waals surface area contributed by atoms with E-state index in [1.807, 2.05) is 0 Å². The molecule has 1 N–H and O–H groups in total. The molecular formula is C9H9BrO. The Balaban J connectivity index is 1.84. The summed E-state index contributed by atoms with van der Waals surface area (Å²) < 4.78 is 0.584. The molecule has 6 saturated carbocycles. The van der Waals surface area contributed by atoms with Crippen LogP contribution in [0.1, 0.15) is 0 Å². The molecule has 2 bridgehead atoms. The van der Waals surface area contributed by atoms with Gasteiger partial charge >= 0.3 is 0 Å². The Morgan fingerprint density at radius 1 is 0.909 bits per heavy atom. The van der Waals surface area contributed by atoms with Crippen LogP contribution in [0.15, 0.2) is 0 Å². The molecule has 0 saturated heterocycles. The van der Waals surface area contributed by atoms with Gasteiger partial charge in [0.1, 0.15) is 0 Å². The van der Waals surface area contributed by atoms with Gasteiger partial charge in [-0.2, -0.15) is 0 Å². The Kier molecular flexibility index (Phi) is 0.477. The lowest BCUT2D eigenvalue weighted by molar-refractivity contribution is -0.349. The molecule has 9 atom stereocenters. The van der Waals surface area contributed by atoms with E-state index in [4.69, 9.17) is 0 Å². The summed E-state index contributed by atoms with van der Waals surface area (Å²) in [5.74, 6) is 6.24. The summed E-state index contributed by atoms with van der Waals surface area (Å²) in [6, 6.07) is 0. The van der Waals surface area contributed by atoms with Crippen molar-refractivity contribution in [3.8, 4) is 0 Å². The monoisotopic (exact) mass is 212 g/mol. The second-order valence-corrected chi connectivity index (χ2v) is 6.58. The Morgan fingerprint density at radius 2 is 1.45 bits per heavy atom. The number of aliphatic hydroxyl groups is 1. The fourth-order valence-electron chi connectivity index (χ4n) is 5.73. The highest BCUT2D eigenvalue weighted by Crippen LogP contribution is 2.98. The molecule has 0 spiro atoms. The van der Waals surface area contributed by atoms with Gasteiger partial charge in [0.05, 0.1) is 6.10 Å². The van der Waals surface area contributed by atoms with Gasteiger partial charge in [0.2, 0.25) is 0 Å². The minimum Gasteiger partial charge on any atom is -0.393 e. The minimum absolute atomic E-state index is 0.115. The van der Waals surface area contributed by atoms with Crippen LogP contribution in [0.4, 0.5) is 0 Å². The summed E-state index contributed by atoms with van der Waals surface area (Å²) >= 11 is 3.89. The highest BCUT2D eigenvalue weighted by molar-refractivity contribution is 9.10. The maximum absolute atomic E-state index is 9.84. The maximum atomic E-state index is 9.84. The smallest absolute Gasteiger partial charge is 0.0608 e. The summed E-state index contributed by atoms with van der Waals surface area (Å²) in [5.41, 5.74) is 0. The van der Waals surface area contributed by atoms with Gasteiger partial charge in [-0.05, 0) is 41.4 Å². The van der Waals surface area contributed by atoms with Crippen LogP contribution in [-0.4, -0.2) is 15.5 Å². The minimum atomic E-state index is 0.115. The molecule has 11 heavy (non-hydrogen) atoms. The zero-order chi connectivity index (χ0) is 7.12. The van der Waals surface area contributed by atoms with E-state index in [9.17, 15) is 5.11 Å². The van der Waals surface area contributed by atoms with Crippen molar-refractivity contribution in [3.05, 3.63) is 0 Å². The number of rotatable bonds is 0. The van der Waals surface area contributed by atoms with E-state index in [-0.39, 0.29) is 6.10 Å². The molecule has 0 aromatic rings. The zero-order valence-corrected chi connectivity index (χ0v) is 7.53. The van der Waals surface area contributed by atoms with E-state index in [0.717, 1.165) is 41.4 Å². The van der Waals surface area contributed by atoms with Gasteiger partial charge in [-0.3, -0.25) is 0 Å². The van der Waals surface area contributed by atoms with E-state index < -0.39 is 0 Å². The summed E-state index contributed by atoms with van der Waals surface area (Å²) in [5, 5.41) is 9.84. The molecule has 6 fully saturated rings. The van der Waals surface area contributed by atoms with Gasteiger partial charge < -0.3 is 5.11 Å². The van der Waals surface area contributed by atoms with Crippen LogP contribution in [0.25, 0.3) is 0 Å². The van der Waals surface area contributed by atoms with Crippen LogP contribution in [0.5, 0.6) is 0 Å². The molecule has 4 unspecified atom stereocenters. The van der Waals surface area contributed by atoms with Crippen LogP contribution in [0, 0.1) is 41.4 Å². The van der Waals surface area contributed by atoms with Crippen LogP contribution in [0.3, 0.4) is 0 Å². The van der Waals surface area contributed by atoms with Gasteiger partial charge in [0.25, 0.3) is 0 Å². The number of hydrogen-bond acceptors (Lipinski definition) is 1. The Bertz CT molecular complexity index is 282. The molecule has 0 heterocycles. The van der Waals surface area contributed by atoms with Crippen LogP contribution in [0.2, 0.25) is 0 Å². The summed E-state index contributed by atoms with van der Waals surface area (Å²) in [7, 11) is 0. The number of alkyl halides is 1. The molecule has 0 radical (unpaired) electrons. The Morgan fingerprint density at radius 3 is 1.91 bits per heavy atom. The van der Waals surface area contributed by atoms with Crippen LogP contribution in [-0.2, 0) is 0 Å². The highest BCUT2D eigenvalue weighted by atomic mass is 79.9. The summed E-state index contributed by atoms with van der Waals surface area (Å²) in [4.78, 5) is 0. The van der Waals surface area contributed by atoms with Crippen molar-refractivity contribution in [2.24, 2.45) is 41.4 Å². The first-order chi connectivity index (χ1) is 5.28. The predicted octanol–water partition coefficient (Wildman–Crippen LogP) is 0.862. The molecule has 1 nitrogen and oxygen atoms in total. The van der Waals surface area contributed by atoms with Gasteiger partial charge in [-0.25, -0.2) is 0 Å². The molecule has 6 aliphatic rings. The number of hydrogen-bond donors (Lipinski definition) is 1. The normalized spacial score (nSPS) is 96.5. The van der Waals surface area contributed by atoms with E-state index in [2.05, 4.69) is 15.9 Å². The number of aliphatic hydroxyl groups excluding tert-OH is 1. The first kappa shape index (κ1) is 5.23. The first-order valence-electron chi connectivity index (χ1n) is 4.65. The molecule has 0 aliphatic heterocycles. The Labute approximate surface area is 73.3 Å². The molecule has 0 amide bonds. The van der Waals surface area contributed by atoms with Crippen molar-refractivity contribution in [3.63, 3.8) is 0 Å². The highest BCUT2D eigenvalue weighted by Gasteiger charge is 2.99. The largest absolute Gasteiger partial charge is 0.393 e. The van der Waals surface area contributed by atoms with E-state index >= 15 is 0 Å². The summed E-state index contributed by atoms with van der Waals surface area (Å²) in [6.07, 6.45) is 0.115. The van der Waals surface area contributed by atoms with Crippen molar-refractivity contribution in [1.29, 1.82) is 0 Å². The average Bonchev–Trinajstić information content (AvgIpc) is 2.16. The van der Waals surface area contributed by atoms with E-state index in [1.165, 1.54) is 0 Å². The SMILES string of the molecule is O[C@@H]1C2[C@@H]3C4[C@H]2[C@@H]2C1[C@@H]3C42Br. The lowest BCUT2D eigenvalue weighted by atomic mass is 9.20. The molecule has 0 aromatic heterocycles. The van der Waals surface area contributed by atoms with Crippen molar-refractivity contribution in [2.75, 3.05) is 0 Å². The molecule has 0 aromatic carbocycles. The van der Waals surface area contributed by atoms with Gasteiger partial charge in [0.15, 0.2) is 0 Å². The average molecular weight is 213 g/mol. The lowest BCUT2D eigenvalue weighted by Crippen LogP contribution is -2.90. The van der Waals surface area contributed by atoms with E-state index in [1.54, 1.807) is 0 Å². The van der Waals surface area contributed by atoms with Crippen molar-refractivity contribution >= 4 is 15.9 Å². The molecule has 58 valence electrons. The van der Waals surface area contributed by atoms with Gasteiger partial charge in [-0.1, -0.05) is 15.9 Å². The van der Waals surface area contributed by atoms with Crippen molar-refractivity contribution in [2.45, 2.75) is 10.4 Å². The zero-order valence-electron chi connectivity index (χ0n) is 5.94. The van der Waals surface area contributed by atoms with Gasteiger partial charge in [0, 0.05) is 4.32 Å². The quantitative estimate of drug-likeness (QED) is 0.592. The summed E-state index contributed by atoms with van der Waals surface area (Å²) in [6.45, 7) is 0. The van der Waals surface area contributed by atoms with Gasteiger partial charge in [-0.15, -0.1) is 0 Å². The van der Waals surface area contributed by atoms with Crippen molar-refractivity contribution < 1.29 is 5.11 Å². The lowest BCUT2D eigenvalue weighted by Gasteiger charge is -2.88. The fraction of sp³-hybridized carbons (Fsp3) is 1.00. The number of halogens is 1. The molecule has 2 heteroatoms. The molecular weight excluding hydrogens is 204 g/mol.